The molecule has 0 aliphatic carbocycles. The number of ether oxygens (including phenoxy) is 1. The summed E-state index contributed by atoms with van der Waals surface area (Å²) in [4.78, 5) is 16.0. The molecular weight excluding hydrogens is 431 g/mol. The molecule has 0 heterocycles. The fourth-order valence-electron chi connectivity index (χ4n) is 2.19. The Morgan fingerprint density at radius 3 is 2.68 bits per heavy atom. The molecule has 3 N–H and O–H groups in total. The Morgan fingerprint density at radius 1 is 1.28 bits per heavy atom. The van der Waals surface area contributed by atoms with Crippen LogP contribution in [0.4, 0.5) is 0 Å². The van der Waals surface area contributed by atoms with Crippen LogP contribution < -0.4 is 16.0 Å². The fraction of sp³-hybridized carbons (Fsp3) is 0.556. The zero-order valence-corrected chi connectivity index (χ0v) is 17.9. The van der Waals surface area contributed by atoms with Crippen molar-refractivity contribution in [1.29, 1.82) is 0 Å². The van der Waals surface area contributed by atoms with E-state index in [4.69, 9.17) is 4.74 Å². The van der Waals surface area contributed by atoms with Crippen molar-refractivity contribution in [2.24, 2.45) is 4.99 Å². The lowest BCUT2D eigenvalue weighted by Crippen LogP contribution is -2.40. The lowest BCUT2D eigenvalue weighted by atomic mass is 9.99. The minimum Gasteiger partial charge on any atom is -0.383 e. The van der Waals surface area contributed by atoms with E-state index in [9.17, 15) is 4.79 Å². The summed E-state index contributed by atoms with van der Waals surface area (Å²) in [5, 5.41) is 9.20. The van der Waals surface area contributed by atoms with E-state index >= 15 is 0 Å². The second-order valence-corrected chi connectivity index (χ2v) is 5.73. The van der Waals surface area contributed by atoms with Gasteiger partial charge in [-0.15, -0.1) is 24.0 Å². The van der Waals surface area contributed by atoms with Gasteiger partial charge in [-0.3, -0.25) is 4.79 Å². The Morgan fingerprint density at radius 2 is 2.04 bits per heavy atom. The number of hydrogen-bond acceptors (Lipinski definition) is 3. The minimum absolute atomic E-state index is 0. The average Bonchev–Trinajstić information content (AvgIpc) is 2.57. The number of nitrogens with zero attached hydrogens (tertiary/aromatic N) is 1. The highest BCUT2D eigenvalue weighted by atomic mass is 127. The lowest BCUT2D eigenvalue weighted by Gasteiger charge is -2.16. The van der Waals surface area contributed by atoms with Crippen LogP contribution in [0.15, 0.2) is 29.3 Å². The maximum absolute atomic E-state index is 11.7. The summed E-state index contributed by atoms with van der Waals surface area (Å²) in [7, 11) is 1.60. The maximum atomic E-state index is 11.7. The van der Waals surface area contributed by atoms with Gasteiger partial charge in [-0.05, 0) is 25.3 Å². The van der Waals surface area contributed by atoms with Crippen LogP contribution in [0, 0.1) is 6.92 Å². The van der Waals surface area contributed by atoms with Gasteiger partial charge in [0, 0.05) is 26.7 Å². The molecule has 142 valence electrons. The molecular formula is C18H31IN4O2. The molecule has 0 saturated heterocycles. The number of halogens is 1. The van der Waals surface area contributed by atoms with Crippen LogP contribution in [-0.4, -0.2) is 51.8 Å². The normalized spacial score (nSPS) is 12.1. The zero-order valence-electron chi connectivity index (χ0n) is 15.6. The summed E-state index contributed by atoms with van der Waals surface area (Å²) in [6, 6.07) is 8.49. The Balaban J connectivity index is 0.00000576. The van der Waals surface area contributed by atoms with Gasteiger partial charge in [0.15, 0.2) is 5.96 Å². The van der Waals surface area contributed by atoms with Gasteiger partial charge in [0.1, 0.15) is 6.54 Å². The molecule has 0 fully saturated rings. The van der Waals surface area contributed by atoms with Crippen molar-refractivity contribution in [2.45, 2.75) is 26.7 Å². The number of aliphatic imine (C=N–C) groups is 1. The van der Waals surface area contributed by atoms with Crippen molar-refractivity contribution >= 4 is 35.8 Å². The molecule has 1 atom stereocenters. The summed E-state index contributed by atoms with van der Waals surface area (Å²) in [6.07, 6.45) is 0. The first kappa shape index (κ1) is 23.6. The Bertz CT molecular complexity index is 538. The second-order valence-electron chi connectivity index (χ2n) is 5.73. The van der Waals surface area contributed by atoms with Crippen molar-refractivity contribution in [3.8, 4) is 0 Å². The van der Waals surface area contributed by atoms with Crippen LogP contribution in [0.3, 0.4) is 0 Å². The molecule has 0 aliphatic rings. The molecule has 1 rings (SSSR count). The number of aryl methyl sites for hydroxylation is 1. The Hall–Kier alpha value is -1.35. The van der Waals surface area contributed by atoms with Crippen molar-refractivity contribution < 1.29 is 9.53 Å². The average molecular weight is 462 g/mol. The molecule has 25 heavy (non-hydrogen) atoms. The molecule has 0 saturated carbocycles. The van der Waals surface area contributed by atoms with Gasteiger partial charge in [0.25, 0.3) is 0 Å². The minimum atomic E-state index is -0.115. The van der Waals surface area contributed by atoms with Crippen molar-refractivity contribution in [2.75, 3.05) is 39.9 Å². The standard InChI is InChI=1S/C18H30N4O2.HI/c1-5-19-18(22-13-17(23)20-9-10-24-4)21-12-15(3)16-8-6-7-14(2)11-16;/h6-8,11,15H,5,9-10,12-13H2,1-4H3,(H,20,23)(H2,19,21,22);1H. The SMILES string of the molecule is CCNC(=NCC(=O)NCCOC)NCC(C)c1cccc(C)c1.I. The molecule has 1 amide bonds. The Kier molecular flexibility index (Phi) is 13.1. The van der Waals surface area contributed by atoms with E-state index in [0.717, 1.165) is 13.1 Å². The second kappa shape index (κ2) is 13.9. The number of carbonyl (C=O) groups excluding carboxylic acids is 1. The number of carbonyl (C=O) groups is 1. The fourth-order valence-corrected chi connectivity index (χ4v) is 2.19. The molecule has 1 aromatic carbocycles. The van der Waals surface area contributed by atoms with E-state index < -0.39 is 0 Å². The lowest BCUT2D eigenvalue weighted by molar-refractivity contribution is -0.119. The first-order valence-corrected chi connectivity index (χ1v) is 8.41. The molecule has 0 aliphatic heterocycles. The summed E-state index contributed by atoms with van der Waals surface area (Å²) in [5.74, 6) is 0.888. The summed E-state index contributed by atoms with van der Waals surface area (Å²) < 4.78 is 4.90. The topological polar surface area (TPSA) is 74.8 Å². The third-order valence-electron chi connectivity index (χ3n) is 3.54. The van der Waals surface area contributed by atoms with E-state index in [-0.39, 0.29) is 36.4 Å². The number of hydrogen-bond donors (Lipinski definition) is 3. The Labute approximate surface area is 168 Å². The molecule has 1 aromatic rings. The predicted molar refractivity (Wildman–Crippen MR) is 114 cm³/mol. The number of amides is 1. The largest absolute Gasteiger partial charge is 0.383 e. The molecule has 6 nitrogen and oxygen atoms in total. The van der Waals surface area contributed by atoms with Gasteiger partial charge >= 0.3 is 0 Å². The van der Waals surface area contributed by atoms with Crippen LogP contribution in [0.25, 0.3) is 0 Å². The molecule has 7 heteroatoms. The van der Waals surface area contributed by atoms with E-state index in [2.05, 4.69) is 59.1 Å². The predicted octanol–water partition coefficient (Wildman–Crippen LogP) is 2.03. The third-order valence-corrected chi connectivity index (χ3v) is 3.54. The van der Waals surface area contributed by atoms with Gasteiger partial charge < -0.3 is 20.7 Å². The third kappa shape index (κ3) is 10.3. The van der Waals surface area contributed by atoms with Gasteiger partial charge in [-0.1, -0.05) is 36.8 Å². The van der Waals surface area contributed by atoms with E-state index in [1.54, 1.807) is 7.11 Å². The van der Waals surface area contributed by atoms with Crippen molar-refractivity contribution in [3.05, 3.63) is 35.4 Å². The number of guanidine groups is 1. The first-order valence-electron chi connectivity index (χ1n) is 8.41. The maximum Gasteiger partial charge on any atom is 0.241 e. The zero-order chi connectivity index (χ0) is 17.8. The monoisotopic (exact) mass is 462 g/mol. The van der Waals surface area contributed by atoms with E-state index in [1.165, 1.54) is 11.1 Å². The van der Waals surface area contributed by atoms with Crippen molar-refractivity contribution in [1.82, 2.24) is 16.0 Å². The molecule has 0 radical (unpaired) electrons. The summed E-state index contributed by atoms with van der Waals surface area (Å²) in [6.45, 7) is 8.86. The van der Waals surface area contributed by atoms with E-state index in [0.29, 0.717) is 25.0 Å². The van der Waals surface area contributed by atoms with Gasteiger partial charge in [0.2, 0.25) is 5.91 Å². The number of methoxy groups -OCH3 is 1. The van der Waals surface area contributed by atoms with Gasteiger partial charge in [-0.25, -0.2) is 4.99 Å². The van der Waals surface area contributed by atoms with Crippen LogP contribution in [0.2, 0.25) is 0 Å². The van der Waals surface area contributed by atoms with E-state index in [1.807, 2.05) is 6.92 Å². The first-order chi connectivity index (χ1) is 11.6. The van der Waals surface area contributed by atoms with Gasteiger partial charge in [0.05, 0.1) is 6.61 Å². The number of benzene rings is 1. The van der Waals surface area contributed by atoms with Crippen LogP contribution >= 0.6 is 24.0 Å². The highest BCUT2D eigenvalue weighted by Crippen LogP contribution is 2.15. The summed E-state index contributed by atoms with van der Waals surface area (Å²) in [5.41, 5.74) is 2.54. The van der Waals surface area contributed by atoms with Crippen LogP contribution in [0.5, 0.6) is 0 Å². The number of nitrogens with one attached hydrogen (secondary N) is 3. The van der Waals surface area contributed by atoms with Crippen molar-refractivity contribution in [3.63, 3.8) is 0 Å². The number of rotatable bonds is 9. The highest BCUT2D eigenvalue weighted by molar-refractivity contribution is 14.0. The van der Waals surface area contributed by atoms with Crippen LogP contribution in [0.1, 0.15) is 30.9 Å². The molecule has 0 bridgehead atoms. The molecule has 1 unspecified atom stereocenters. The smallest absolute Gasteiger partial charge is 0.241 e. The quantitative estimate of drug-likeness (QED) is 0.227. The molecule has 0 spiro atoms. The summed E-state index contributed by atoms with van der Waals surface area (Å²) >= 11 is 0. The highest BCUT2D eigenvalue weighted by Gasteiger charge is 2.07. The van der Waals surface area contributed by atoms with Gasteiger partial charge in [-0.2, -0.15) is 0 Å². The van der Waals surface area contributed by atoms with Crippen LogP contribution in [-0.2, 0) is 9.53 Å². The molecule has 0 aromatic heterocycles.